The van der Waals surface area contributed by atoms with Crippen LogP contribution in [0.4, 0.5) is 60.5 Å². The highest BCUT2D eigenvalue weighted by Gasteiger charge is 2.37. The molecular weight excluding hydrogens is 550 g/mol. The van der Waals surface area contributed by atoms with Crippen molar-refractivity contribution in [3.8, 4) is 0 Å². The lowest BCUT2D eigenvalue weighted by Crippen LogP contribution is -2.19. The molecule has 0 bridgehead atoms. The van der Waals surface area contributed by atoms with E-state index in [0.717, 1.165) is 23.3 Å². The average molecular weight is 577 g/mol. The Labute approximate surface area is 240 Å². The second-order valence-electron chi connectivity index (χ2n) is 9.79. The summed E-state index contributed by atoms with van der Waals surface area (Å²) < 4.78 is 85.5. The monoisotopic (exact) mass is 576 g/mol. The highest BCUT2D eigenvalue weighted by atomic mass is 19.4. The second kappa shape index (κ2) is 11.3. The van der Waals surface area contributed by atoms with E-state index in [-0.39, 0.29) is 11.4 Å². The Kier molecular flexibility index (Phi) is 7.73. The van der Waals surface area contributed by atoms with Crippen LogP contribution >= 0.6 is 0 Å². The van der Waals surface area contributed by atoms with Gasteiger partial charge in [-0.2, -0.15) is 26.3 Å². The molecule has 0 heterocycles. The Morgan fingerprint density at radius 1 is 0.405 bits per heavy atom. The van der Waals surface area contributed by atoms with E-state index in [4.69, 9.17) is 0 Å². The summed E-state index contributed by atoms with van der Waals surface area (Å²) in [7, 11) is 0. The number of benzene rings is 5. The van der Waals surface area contributed by atoms with Crippen LogP contribution in [-0.4, -0.2) is 0 Å². The molecule has 5 aromatic carbocycles. The molecule has 0 aromatic heterocycles. The van der Waals surface area contributed by atoms with Crippen molar-refractivity contribution in [1.29, 1.82) is 0 Å². The van der Waals surface area contributed by atoms with Gasteiger partial charge in [0.1, 0.15) is 0 Å². The predicted molar refractivity (Wildman–Crippen MR) is 155 cm³/mol. The SMILES string of the molecule is Cc1ccccc1N(c1cccc(N(c2ccccc2C)c2ccccc2C(F)(F)F)c1)c1ccccc1C(F)(F)F. The third-order valence-electron chi connectivity index (χ3n) is 6.96. The fourth-order valence-electron chi connectivity index (χ4n) is 5.03. The quantitative estimate of drug-likeness (QED) is 0.186. The minimum atomic E-state index is -4.64. The molecule has 0 saturated carbocycles. The van der Waals surface area contributed by atoms with Crippen LogP contribution in [0, 0.1) is 13.8 Å². The Morgan fingerprint density at radius 2 is 0.738 bits per heavy atom. The van der Waals surface area contributed by atoms with E-state index in [1.165, 1.54) is 46.2 Å². The summed E-state index contributed by atoms with van der Waals surface area (Å²) in [6, 6.07) is 31.1. The van der Waals surface area contributed by atoms with Gasteiger partial charge in [-0.25, -0.2) is 0 Å². The maximum atomic E-state index is 14.3. The van der Waals surface area contributed by atoms with Gasteiger partial charge in [-0.3, -0.25) is 0 Å². The fraction of sp³-hybridized carbons (Fsp3) is 0.118. The van der Waals surface area contributed by atoms with Crippen molar-refractivity contribution >= 4 is 34.1 Å². The normalized spacial score (nSPS) is 11.8. The molecule has 0 aliphatic carbocycles. The Hall–Kier alpha value is -4.72. The minimum Gasteiger partial charge on any atom is -0.310 e. The third kappa shape index (κ3) is 5.70. The van der Waals surface area contributed by atoms with Gasteiger partial charge in [0.2, 0.25) is 0 Å². The molecule has 0 aliphatic rings. The smallest absolute Gasteiger partial charge is 0.310 e. The van der Waals surface area contributed by atoms with E-state index in [0.29, 0.717) is 22.7 Å². The number of nitrogens with zero attached hydrogens (tertiary/aromatic N) is 2. The van der Waals surface area contributed by atoms with Crippen molar-refractivity contribution < 1.29 is 26.3 Å². The standard InChI is InChI=1S/C34H26F6N2/c1-23-12-3-7-18-29(23)41(31-20-9-5-16-27(31)33(35,36)37)25-14-11-15-26(22-25)42(30-19-8-4-13-24(30)2)32-21-10-6-17-28(32)34(38,39)40/h3-22H,1-2H3. The zero-order valence-electron chi connectivity index (χ0n) is 22.7. The van der Waals surface area contributed by atoms with Gasteiger partial charge in [0.15, 0.2) is 0 Å². The number of hydrogen-bond acceptors (Lipinski definition) is 2. The molecule has 8 heteroatoms. The second-order valence-corrected chi connectivity index (χ2v) is 9.79. The minimum absolute atomic E-state index is 0.102. The van der Waals surface area contributed by atoms with Gasteiger partial charge in [-0.1, -0.05) is 66.7 Å². The summed E-state index contributed by atoms with van der Waals surface area (Å²) >= 11 is 0. The van der Waals surface area contributed by atoms with Gasteiger partial charge in [0.25, 0.3) is 0 Å². The molecule has 0 spiro atoms. The molecule has 0 fully saturated rings. The summed E-state index contributed by atoms with van der Waals surface area (Å²) in [4.78, 5) is 2.99. The molecule has 0 atom stereocenters. The van der Waals surface area contributed by atoms with Crippen molar-refractivity contribution in [3.05, 3.63) is 144 Å². The average Bonchev–Trinajstić information content (AvgIpc) is 2.95. The van der Waals surface area contributed by atoms with E-state index in [1.807, 2.05) is 0 Å². The number of aryl methyl sites for hydroxylation is 2. The molecule has 0 aliphatic heterocycles. The van der Waals surface area contributed by atoms with E-state index in [1.54, 1.807) is 86.6 Å². The third-order valence-corrected chi connectivity index (χ3v) is 6.96. The summed E-state index contributed by atoms with van der Waals surface area (Å²) in [5.41, 5.74) is 1.27. The predicted octanol–water partition coefficient (Wildman–Crippen LogP) is 11.3. The number of anilines is 6. The molecule has 2 nitrogen and oxygen atoms in total. The maximum absolute atomic E-state index is 14.3. The number of hydrogen-bond donors (Lipinski definition) is 0. The van der Waals surface area contributed by atoms with Crippen LogP contribution < -0.4 is 9.80 Å². The van der Waals surface area contributed by atoms with Gasteiger partial charge in [0, 0.05) is 22.7 Å². The number of para-hydroxylation sites is 4. The van der Waals surface area contributed by atoms with Gasteiger partial charge in [-0.15, -0.1) is 0 Å². The first-order valence-electron chi connectivity index (χ1n) is 13.1. The van der Waals surface area contributed by atoms with E-state index in [2.05, 4.69) is 0 Å². The number of halogens is 6. The zero-order chi connectivity index (χ0) is 30.1. The summed E-state index contributed by atoms with van der Waals surface area (Å²) in [6.07, 6.45) is -9.29. The van der Waals surface area contributed by atoms with Gasteiger partial charge < -0.3 is 9.80 Å². The van der Waals surface area contributed by atoms with Crippen LogP contribution in [0.25, 0.3) is 0 Å². The Bertz CT molecular complexity index is 1590. The number of rotatable bonds is 6. The molecule has 42 heavy (non-hydrogen) atoms. The lowest BCUT2D eigenvalue weighted by atomic mass is 10.0. The van der Waals surface area contributed by atoms with E-state index >= 15 is 0 Å². The van der Waals surface area contributed by atoms with Crippen LogP contribution in [0.1, 0.15) is 22.3 Å². The first kappa shape index (κ1) is 28.8. The Balaban J connectivity index is 1.79. The van der Waals surface area contributed by atoms with Crippen molar-refractivity contribution in [3.63, 3.8) is 0 Å². The lowest BCUT2D eigenvalue weighted by Gasteiger charge is -2.32. The molecular formula is C34H26F6N2. The molecule has 5 aromatic rings. The molecule has 0 unspecified atom stereocenters. The van der Waals surface area contributed by atoms with Crippen LogP contribution in [-0.2, 0) is 12.4 Å². The van der Waals surface area contributed by atoms with Crippen LogP contribution in [0.15, 0.2) is 121 Å². The van der Waals surface area contributed by atoms with Crippen molar-refractivity contribution in [1.82, 2.24) is 0 Å². The van der Waals surface area contributed by atoms with Crippen LogP contribution in [0.2, 0.25) is 0 Å². The molecule has 0 N–H and O–H groups in total. The van der Waals surface area contributed by atoms with Gasteiger partial charge in [-0.05, 0) is 79.6 Å². The topological polar surface area (TPSA) is 6.48 Å². The van der Waals surface area contributed by atoms with E-state index < -0.39 is 23.5 Å². The maximum Gasteiger partial charge on any atom is 0.418 e. The van der Waals surface area contributed by atoms with E-state index in [9.17, 15) is 26.3 Å². The summed E-state index contributed by atoms with van der Waals surface area (Å²) in [6.45, 7) is 3.59. The molecule has 5 rings (SSSR count). The van der Waals surface area contributed by atoms with Crippen LogP contribution in [0.5, 0.6) is 0 Å². The van der Waals surface area contributed by atoms with Crippen molar-refractivity contribution in [2.75, 3.05) is 9.80 Å². The Morgan fingerprint density at radius 3 is 1.10 bits per heavy atom. The largest absolute Gasteiger partial charge is 0.418 e. The van der Waals surface area contributed by atoms with Crippen LogP contribution in [0.3, 0.4) is 0 Å². The van der Waals surface area contributed by atoms with Gasteiger partial charge >= 0.3 is 12.4 Å². The van der Waals surface area contributed by atoms with Crippen molar-refractivity contribution in [2.45, 2.75) is 26.2 Å². The number of alkyl halides is 6. The molecule has 0 amide bonds. The zero-order valence-corrected chi connectivity index (χ0v) is 22.7. The summed E-state index contributed by atoms with van der Waals surface area (Å²) in [5.74, 6) is 0. The highest BCUT2D eigenvalue weighted by Crippen LogP contribution is 2.47. The lowest BCUT2D eigenvalue weighted by molar-refractivity contribution is -0.137. The molecule has 0 radical (unpaired) electrons. The molecule has 0 saturated heterocycles. The first-order chi connectivity index (χ1) is 20.0. The fourth-order valence-corrected chi connectivity index (χ4v) is 5.03. The van der Waals surface area contributed by atoms with Crippen molar-refractivity contribution in [2.24, 2.45) is 0 Å². The molecule has 214 valence electrons. The van der Waals surface area contributed by atoms with Gasteiger partial charge in [0.05, 0.1) is 22.5 Å². The highest BCUT2D eigenvalue weighted by molar-refractivity contribution is 5.86. The summed E-state index contributed by atoms with van der Waals surface area (Å²) in [5, 5.41) is 0. The first-order valence-corrected chi connectivity index (χ1v) is 13.1.